The van der Waals surface area contributed by atoms with Crippen LogP contribution in [-0.4, -0.2) is 47.2 Å². The molecule has 1 N–H and O–H groups in total. The molecular weight excluding hydrogens is 222 g/mol. The molecule has 0 saturated carbocycles. The Bertz CT molecular complexity index is 339. The number of carbonyl (C=O) groups excluding carboxylic acids is 1. The third kappa shape index (κ3) is 2.60. The molecule has 0 aromatic heterocycles. The van der Waals surface area contributed by atoms with Crippen molar-refractivity contribution in [1.82, 2.24) is 4.90 Å². The molecule has 0 aromatic rings. The largest absolute Gasteiger partial charge is 0.479 e. The van der Waals surface area contributed by atoms with Crippen molar-refractivity contribution >= 4 is 11.9 Å². The monoisotopic (exact) mass is 241 g/mol. The van der Waals surface area contributed by atoms with Crippen molar-refractivity contribution in [2.75, 3.05) is 13.1 Å². The van der Waals surface area contributed by atoms with Gasteiger partial charge in [0.25, 0.3) is 5.91 Å². The molecule has 2 saturated heterocycles. The van der Waals surface area contributed by atoms with Crippen LogP contribution in [0.15, 0.2) is 0 Å². The van der Waals surface area contributed by atoms with Crippen LogP contribution in [0.4, 0.5) is 0 Å². The molecular formula is C12H19NO4. The maximum atomic E-state index is 12.1. The molecule has 2 atom stereocenters. The topological polar surface area (TPSA) is 66.8 Å². The molecule has 2 aliphatic rings. The summed E-state index contributed by atoms with van der Waals surface area (Å²) in [6, 6.07) is 0. The summed E-state index contributed by atoms with van der Waals surface area (Å²) in [6.45, 7) is 5.76. The van der Waals surface area contributed by atoms with Gasteiger partial charge < -0.3 is 14.7 Å². The van der Waals surface area contributed by atoms with E-state index in [0.29, 0.717) is 12.8 Å². The number of amides is 1. The predicted molar refractivity (Wildman–Crippen MR) is 60.5 cm³/mol. The average Bonchev–Trinajstić information content (AvgIpc) is 2.83. The highest BCUT2D eigenvalue weighted by atomic mass is 16.5. The standard InChI is InChI=1S/C12H19NO4/c1-12(2)5-6-13(7-12)10(14)8-3-4-9(17-8)11(15)16/h8-9H,3-7H2,1-2H3,(H,15,16)/t8-,9+/m0/s1. The highest BCUT2D eigenvalue weighted by Crippen LogP contribution is 2.31. The number of hydrogen-bond donors (Lipinski definition) is 1. The molecule has 0 unspecified atom stereocenters. The second kappa shape index (κ2) is 4.29. The van der Waals surface area contributed by atoms with Gasteiger partial charge in [-0.1, -0.05) is 13.8 Å². The summed E-state index contributed by atoms with van der Waals surface area (Å²) in [5.41, 5.74) is 0.167. The van der Waals surface area contributed by atoms with Crippen molar-refractivity contribution in [3.05, 3.63) is 0 Å². The van der Waals surface area contributed by atoms with E-state index in [9.17, 15) is 9.59 Å². The molecule has 5 nitrogen and oxygen atoms in total. The van der Waals surface area contributed by atoms with Gasteiger partial charge in [-0.25, -0.2) is 4.79 Å². The Hall–Kier alpha value is -1.10. The maximum absolute atomic E-state index is 12.1. The minimum atomic E-state index is -0.970. The SMILES string of the molecule is CC1(C)CCN(C(=O)[C@@H]2CC[C@H](C(=O)O)O2)C1. The molecule has 1 amide bonds. The molecule has 0 bridgehead atoms. The molecule has 0 radical (unpaired) electrons. The van der Waals surface area contributed by atoms with Gasteiger partial charge in [0.15, 0.2) is 6.10 Å². The van der Waals surface area contributed by atoms with E-state index in [1.807, 2.05) is 0 Å². The van der Waals surface area contributed by atoms with Crippen LogP contribution in [-0.2, 0) is 14.3 Å². The van der Waals surface area contributed by atoms with Gasteiger partial charge in [-0.2, -0.15) is 0 Å². The zero-order chi connectivity index (χ0) is 12.6. The number of likely N-dealkylation sites (tertiary alicyclic amines) is 1. The van der Waals surface area contributed by atoms with Gasteiger partial charge in [-0.05, 0) is 24.7 Å². The van der Waals surface area contributed by atoms with Gasteiger partial charge in [-0.3, -0.25) is 4.79 Å². The van der Waals surface area contributed by atoms with Crippen LogP contribution >= 0.6 is 0 Å². The zero-order valence-electron chi connectivity index (χ0n) is 10.3. The third-order valence-electron chi connectivity index (χ3n) is 3.56. The van der Waals surface area contributed by atoms with Gasteiger partial charge in [0, 0.05) is 13.1 Å². The zero-order valence-corrected chi connectivity index (χ0v) is 10.3. The minimum absolute atomic E-state index is 0.0423. The number of aliphatic carboxylic acids is 1. The molecule has 17 heavy (non-hydrogen) atoms. The summed E-state index contributed by atoms with van der Waals surface area (Å²) in [5, 5.41) is 8.81. The minimum Gasteiger partial charge on any atom is -0.479 e. The Morgan fingerprint density at radius 3 is 2.41 bits per heavy atom. The molecule has 2 rings (SSSR count). The second-order valence-electron chi connectivity index (χ2n) is 5.70. The van der Waals surface area contributed by atoms with E-state index >= 15 is 0 Å². The van der Waals surface area contributed by atoms with E-state index in [-0.39, 0.29) is 11.3 Å². The van der Waals surface area contributed by atoms with Crippen molar-refractivity contribution in [2.24, 2.45) is 5.41 Å². The van der Waals surface area contributed by atoms with Crippen LogP contribution in [0.1, 0.15) is 33.1 Å². The fourth-order valence-electron chi connectivity index (χ4n) is 2.50. The summed E-state index contributed by atoms with van der Waals surface area (Å²) in [6.07, 6.45) is 0.591. The van der Waals surface area contributed by atoms with Crippen LogP contribution in [0.3, 0.4) is 0 Å². The van der Waals surface area contributed by atoms with E-state index in [2.05, 4.69) is 13.8 Å². The molecule has 5 heteroatoms. The first-order valence-corrected chi connectivity index (χ1v) is 6.06. The van der Waals surface area contributed by atoms with Crippen molar-refractivity contribution in [3.63, 3.8) is 0 Å². The first kappa shape index (κ1) is 12.4. The lowest BCUT2D eigenvalue weighted by molar-refractivity contribution is -0.154. The molecule has 0 aliphatic carbocycles. The van der Waals surface area contributed by atoms with Gasteiger partial charge >= 0.3 is 5.97 Å². The smallest absolute Gasteiger partial charge is 0.332 e. The first-order chi connectivity index (χ1) is 7.89. The number of carboxylic acid groups (broad SMARTS) is 1. The molecule has 96 valence electrons. The summed E-state index contributed by atoms with van der Waals surface area (Å²) in [5.74, 6) is -1.01. The Kier molecular flexibility index (Phi) is 3.12. The Morgan fingerprint density at radius 2 is 1.94 bits per heavy atom. The average molecular weight is 241 g/mol. The number of rotatable bonds is 2. The van der Waals surface area contributed by atoms with Crippen molar-refractivity contribution < 1.29 is 19.4 Å². The summed E-state index contributed by atoms with van der Waals surface area (Å²) in [7, 11) is 0. The number of ether oxygens (including phenoxy) is 1. The van der Waals surface area contributed by atoms with Crippen molar-refractivity contribution in [3.8, 4) is 0 Å². The Morgan fingerprint density at radius 1 is 1.29 bits per heavy atom. The molecule has 2 aliphatic heterocycles. The molecule has 2 heterocycles. The Labute approximate surface area is 101 Å². The molecule has 0 aromatic carbocycles. The quantitative estimate of drug-likeness (QED) is 0.779. The number of carboxylic acids is 1. The molecule has 0 spiro atoms. The lowest BCUT2D eigenvalue weighted by Gasteiger charge is -2.22. The van der Waals surface area contributed by atoms with Crippen molar-refractivity contribution in [2.45, 2.75) is 45.3 Å². The van der Waals surface area contributed by atoms with E-state index in [0.717, 1.165) is 19.5 Å². The Balaban J connectivity index is 1.92. The number of carbonyl (C=O) groups is 2. The lowest BCUT2D eigenvalue weighted by Crippen LogP contribution is -2.39. The van der Waals surface area contributed by atoms with E-state index < -0.39 is 18.2 Å². The normalized spacial score (nSPS) is 31.8. The van der Waals surface area contributed by atoms with Crippen LogP contribution in [0.2, 0.25) is 0 Å². The highest BCUT2D eigenvalue weighted by Gasteiger charge is 2.40. The predicted octanol–water partition coefficient (Wildman–Crippen LogP) is 0.877. The van der Waals surface area contributed by atoms with E-state index in [1.54, 1.807) is 4.90 Å². The number of hydrogen-bond acceptors (Lipinski definition) is 3. The van der Waals surface area contributed by atoms with Crippen LogP contribution in [0, 0.1) is 5.41 Å². The van der Waals surface area contributed by atoms with Gasteiger partial charge in [0.05, 0.1) is 0 Å². The van der Waals surface area contributed by atoms with Gasteiger partial charge in [0.1, 0.15) is 6.10 Å². The number of nitrogens with zero attached hydrogens (tertiary/aromatic N) is 1. The first-order valence-electron chi connectivity index (χ1n) is 6.06. The lowest BCUT2D eigenvalue weighted by atomic mass is 9.93. The highest BCUT2D eigenvalue weighted by molar-refractivity contribution is 5.83. The van der Waals surface area contributed by atoms with Gasteiger partial charge in [-0.15, -0.1) is 0 Å². The summed E-state index contributed by atoms with van der Waals surface area (Å²) < 4.78 is 5.27. The van der Waals surface area contributed by atoms with E-state index in [4.69, 9.17) is 9.84 Å². The summed E-state index contributed by atoms with van der Waals surface area (Å²) in [4.78, 5) is 24.7. The third-order valence-corrected chi connectivity index (χ3v) is 3.56. The van der Waals surface area contributed by atoms with E-state index in [1.165, 1.54) is 0 Å². The summed E-state index contributed by atoms with van der Waals surface area (Å²) >= 11 is 0. The van der Waals surface area contributed by atoms with Crippen LogP contribution in [0.5, 0.6) is 0 Å². The van der Waals surface area contributed by atoms with Crippen molar-refractivity contribution in [1.29, 1.82) is 0 Å². The second-order valence-corrected chi connectivity index (χ2v) is 5.70. The maximum Gasteiger partial charge on any atom is 0.332 e. The fourth-order valence-corrected chi connectivity index (χ4v) is 2.50. The van der Waals surface area contributed by atoms with Crippen LogP contribution in [0.25, 0.3) is 0 Å². The fraction of sp³-hybridized carbons (Fsp3) is 0.833. The molecule has 2 fully saturated rings. The van der Waals surface area contributed by atoms with Gasteiger partial charge in [0.2, 0.25) is 0 Å². The van der Waals surface area contributed by atoms with Crippen LogP contribution < -0.4 is 0 Å².